The Kier molecular flexibility index (Phi) is 17.9. The van der Waals surface area contributed by atoms with E-state index in [2.05, 4.69) is 13.8 Å². The number of aromatic hydroxyl groups is 1. The molecule has 260 valence electrons. The van der Waals surface area contributed by atoms with Crippen LogP contribution in [-0.2, 0) is 33.1 Å². The molecule has 0 fully saturated rings. The summed E-state index contributed by atoms with van der Waals surface area (Å²) in [5, 5.41) is 21.4. The summed E-state index contributed by atoms with van der Waals surface area (Å²) >= 11 is 0. The Morgan fingerprint density at radius 3 is 1.53 bits per heavy atom. The van der Waals surface area contributed by atoms with E-state index in [0.717, 1.165) is 49.3 Å². The van der Waals surface area contributed by atoms with Gasteiger partial charge in [-0.05, 0) is 79.3 Å². The molecule has 0 aliphatic carbocycles. The smallest absolute Gasteiger partial charge is 0.872 e. The van der Waals surface area contributed by atoms with Crippen LogP contribution in [0.1, 0.15) is 76.3 Å². The molecule has 13 heteroatoms. The third kappa shape index (κ3) is 14.1. The molecular weight excluding hydrogens is 697 g/mol. The molecule has 0 atom stereocenters. The number of phenolic OH excluding ortho intramolecular Hbond substituents is 1. The van der Waals surface area contributed by atoms with Gasteiger partial charge in [-0.2, -0.15) is 8.42 Å². The molecule has 4 aromatic rings. The Bertz CT molecular complexity index is 1710. The monoisotopic (exact) mass is 738 g/mol. The van der Waals surface area contributed by atoms with E-state index in [4.69, 9.17) is 9.47 Å². The number of hydrogen-bond acceptors (Lipinski definition) is 9. The second kappa shape index (κ2) is 20.7. The van der Waals surface area contributed by atoms with Crippen LogP contribution in [0.5, 0.6) is 34.5 Å². The van der Waals surface area contributed by atoms with E-state index in [0.29, 0.717) is 11.5 Å². The molecule has 0 aliphatic heterocycles. The van der Waals surface area contributed by atoms with Gasteiger partial charge in [-0.25, -0.2) is 8.42 Å². The molecule has 0 spiro atoms. The van der Waals surface area contributed by atoms with Crippen LogP contribution >= 0.6 is 0 Å². The van der Waals surface area contributed by atoms with Crippen molar-refractivity contribution in [3.63, 3.8) is 0 Å². The van der Waals surface area contributed by atoms with E-state index >= 15 is 0 Å². The van der Waals surface area contributed by atoms with Crippen LogP contribution < -0.4 is 14.6 Å². The Balaban J connectivity index is 0.000000333. The van der Waals surface area contributed by atoms with Gasteiger partial charge in [-0.3, -0.25) is 4.55 Å². The van der Waals surface area contributed by atoms with Gasteiger partial charge in [0.05, 0.1) is 4.90 Å². The topological polar surface area (TPSA) is 173 Å². The minimum absolute atomic E-state index is 0. The molecule has 4 aromatic carbocycles. The van der Waals surface area contributed by atoms with E-state index < -0.39 is 41.5 Å². The normalized spacial score (nSPS) is 11.2. The SMILES string of the molecule is CCCCCCc1cccc(Oc2cccc(O)c2S(=O)(=O)O)c1.CCCCCCc1cccc(Oc2cccc([O-])c2S(=O)(=O)[O-])c1.[Ca+2]. The number of phenols is 1. The van der Waals surface area contributed by atoms with Crippen molar-refractivity contribution < 1.29 is 45.6 Å². The van der Waals surface area contributed by atoms with Gasteiger partial charge in [0.1, 0.15) is 33.1 Å². The van der Waals surface area contributed by atoms with Gasteiger partial charge in [0, 0.05) is 0 Å². The minimum Gasteiger partial charge on any atom is -0.872 e. The first kappa shape index (κ1) is 42.3. The van der Waals surface area contributed by atoms with Gasteiger partial charge >= 0.3 is 47.9 Å². The molecule has 49 heavy (non-hydrogen) atoms. The summed E-state index contributed by atoms with van der Waals surface area (Å²) < 4.78 is 77.2. The first-order valence-corrected chi connectivity index (χ1v) is 18.8. The third-order valence-corrected chi connectivity index (χ3v) is 9.13. The van der Waals surface area contributed by atoms with Crippen molar-refractivity contribution in [2.45, 2.75) is 87.8 Å². The maximum atomic E-state index is 11.7. The zero-order valence-corrected chi connectivity index (χ0v) is 31.7. The zero-order valence-electron chi connectivity index (χ0n) is 27.8. The standard InChI is InChI=1S/2C18H22O5S.Ca/c2*1-2-3-4-5-8-14-9-6-10-15(13-14)23-17-12-7-11-16(19)18(17)24(20,21)22;/h2*6-7,9-13,19H,2-5,8H2,1H3,(H,20,21,22);/q;;+2/p-2. The fraction of sp³-hybridized carbons (Fsp3) is 0.333. The number of rotatable bonds is 16. The van der Waals surface area contributed by atoms with Gasteiger partial charge in [0.2, 0.25) is 0 Å². The number of aryl methyl sites for hydroxylation is 2. The Morgan fingerprint density at radius 1 is 0.633 bits per heavy atom. The molecule has 0 radical (unpaired) electrons. The van der Waals surface area contributed by atoms with Crippen molar-refractivity contribution >= 4 is 58.0 Å². The minimum atomic E-state index is -4.90. The molecule has 0 saturated heterocycles. The van der Waals surface area contributed by atoms with Crippen LogP contribution in [0.4, 0.5) is 0 Å². The summed E-state index contributed by atoms with van der Waals surface area (Å²) in [5.74, 6) is -0.901. The number of benzene rings is 4. The van der Waals surface area contributed by atoms with Gasteiger partial charge < -0.3 is 24.2 Å². The van der Waals surface area contributed by atoms with Gasteiger partial charge in [-0.1, -0.05) is 101 Å². The van der Waals surface area contributed by atoms with Crippen LogP contribution in [0.2, 0.25) is 0 Å². The molecule has 0 aromatic heterocycles. The largest absolute Gasteiger partial charge is 2.00 e. The fourth-order valence-electron chi connectivity index (χ4n) is 4.96. The van der Waals surface area contributed by atoms with Gasteiger partial charge in [0.25, 0.3) is 0 Å². The average Bonchev–Trinajstić information content (AvgIpc) is 3.01. The predicted octanol–water partition coefficient (Wildman–Crippen LogP) is 7.75. The summed E-state index contributed by atoms with van der Waals surface area (Å²) in [4.78, 5) is -1.48. The molecule has 2 N–H and O–H groups in total. The Labute approximate surface area is 319 Å². The summed E-state index contributed by atoms with van der Waals surface area (Å²) in [6.45, 7) is 4.32. The van der Waals surface area contributed by atoms with Crippen molar-refractivity contribution in [1.29, 1.82) is 0 Å². The van der Waals surface area contributed by atoms with Crippen molar-refractivity contribution in [2.75, 3.05) is 0 Å². The van der Waals surface area contributed by atoms with Gasteiger partial charge in [-0.15, -0.1) is 0 Å². The second-order valence-electron chi connectivity index (χ2n) is 11.2. The van der Waals surface area contributed by atoms with Crippen molar-refractivity contribution in [1.82, 2.24) is 0 Å². The average molecular weight is 739 g/mol. The Hall–Kier alpha value is -2.84. The molecular formula is C36H42CaO10S2. The molecule has 0 unspecified atom stereocenters. The maximum absolute atomic E-state index is 11.7. The summed E-state index contributed by atoms with van der Waals surface area (Å²) in [5.41, 5.74) is 2.16. The van der Waals surface area contributed by atoms with Crippen molar-refractivity contribution in [3.8, 4) is 34.5 Å². The first-order valence-electron chi connectivity index (χ1n) is 15.9. The maximum Gasteiger partial charge on any atom is 2.00 e. The van der Waals surface area contributed by atoms with Crippen LogP contribution in [0, 0.1) is 0 Å². The van der Waals surface area contributed by atoms with E-state index in [-0.39, 0.29) is 49.2 Å². The molecule has 4 rings (SSSR count). The summed E-state index contributed by atoms with van der Waals surface area (Å²) in [7, 11) is -9.49. The molecule has 0 bridgehead atoms. The van der Waals surface area contributed by atoms with E-state index in [9.17, 15) is 36.2 Å². The molecule has 0 amide bonds. The molecule has 10 nitrogen and oxygen atoms in total. The van der Waals surface area contributed by atoms with Gasteiger partial charge in [0.15, 0.2) is 10.6 Å². The van der Waals surface area contributed by atoms with Crippen LogP contribution in [0.15, 0.2) is 94.7 Å². The first-order chi connectivity index (χ1) is 22.8. The second-order valence-corrected chi connectivity index (χ2v) is 13.9. The fourth-order valence-corrected chi connectivity index (χ4v) is 6.33. The molecule has 0 aliphatic rings. The summed E-state index contributed by atoms with van der Waals surface area (Å²) in [6, 6.07) is 22.3. The van der Waals surface area contributed by atoms with Crippen LogP contribution in [0.3, 0.4) is 0 Å². The number of hydrogen-bond donors (Lipinski definition) is 2. The van der Waals surface area contributed by atoms with Crippen molar-refractivity contribution in [2.24, 2.45) is 0 Å². The van der Waals surface area contributed by atoms with E-state index in [1.807, 2.05) is 24.3 Å². The predicted molar refractivity (Wildman–Crippen MR) is 186 cm³/mol. The number of unbranched alkanes of at least 4 members (excludes halogenated alkanes) is 6. The number of ether oxygens (including phenoxy) is 2. The van der Waals surface area contributed by atoms with E-state index in [1.165, 1.54) is 62.4 Å². The molecule has 0 heterocycles. The quantitative estimate of drug-likeness (QED) is 0.0657. The third-order valence-electron chi connectivity index (χ3n) is 7.30. The van der Waals surface area contributed by atoms with Crippen molar-refractivity contribution in [3.05, 3.63) is 96.1 Å². The van der Waals surface area contributed by atoms with Crippen LogP contribution in [0.25, 0.3) is 0 Å². The summed E-state index contributed by atoms with van der Waals surface area (Å²) in [6.07, 6.45) is 11.0. The van der Waals surface area contributed by atoms with E-state index in [1.54, 1.807) is 24.3 Å². The molecule has 0 saturated carbocycles. The van der Waals surface area contributed by atoms with Crippen LogP contribution in [-0.4, -0.2) is 68.8 Å². The Morgan fingerprint density at radius 2 is 1.08 bits per heavy atom. The zero-order chi connectivity index (χ0) is 35.2.